The fraction of sp³-hybridized carbons (Fsp3) is 0.500. The third-order valence-electron chi connectivity index (χ3n) is 7.60. The van der Waals surface area contributed by atoms with Gasteiger partial charge < -0.3 is 9.47 Å². The highest BCUT2D eigenvalue weighted by molar-refractivity contribution is 7.10. The molecule has 0 spiro atoms. The van der Waals surface area contributed by atoms with Crippen LogP contribution in [0.5, 0.6) is 5.75 Å². The van der Waals surface area contributed by atoms with Crippen LogP contribution in [0.4, 0.5) is 0 Å². The first-order chi connectivity index (χ1) is 17.0. The lowest BCUT2D eigenvalue weighted by atomic mass is 9.83. The molecular weight excluding hydrogens is 452 g/mol. The smallest absolute Gasteiger partial charge is 0.129 e. The van der Waals surface area contributed by atoms with Crippen LogP contribution in [-0.4, -0.2) is 36.2 Å². The van der Waals surface area contributed by atoms with Crippen molar-refractivity contribution in [1.29, 1.82) is 0 Å². The van der Waals surface area contributed by atoms with E-state index in [1.807, 2.05) is 11.3 Å². The van der Waals surface area contributed by atoms with Gasteiger partial charge in [0.15, 0.2) is 0 Å². The van der Waals surface area contributed by atoms with E-state index in [1.54, 1.807) is 0 Å². The van der Waals surface area contributed by atoms with Crippen molar-refractivity contribution in [3.05, 3.63) is 69.0 Å². The van der Waals surface area contributed by atoms with Crippen LogP contribution in [0.3, 0.4) is 0 Å². The zero-order valence-electron chi connectivity index (χ0n) is 21.4. The zero-order chi connectivity index (χ0) is 24.2. The molecule has 3 aromatic rings. The first kappa shape index (κ1) is 24.5. The van der Waals surface area contributed by atoms with E-state index >= 15 is 0 Å². The maximum absolute atomic E-state index is 6.41. The van der Waals surface area contributed by atoms with Gasteiger partial charge in [-0.2, -0.15) is 0 Å². The van der Waals surface area contributed by atoms with Crippen molar-refractivity contribution >= 4 is 11.3 Å². The lowest BCUT2D eigenvalue weighted by molar-refractivity contribution is 0.0342. The molecule has 0 bridgehead atoms. The number of rotatable bonds is 7. The Morgan fingerprint density at radius 2 is 1.83 bits per heavy atom. The summed E-state index contributed by atoms with van der Waals surface area (Å²) >= 11 is 1.82. The number of nitrogens with zero attached hydrogens (tertiary/aromatic N) is 2. The van der Waals surface area contributed by atoms with Crippen LogP contribution in [0.1, 0.15) is 65.8 Å². The van der Waals surface area contributed by atoms with Crippen molar-refractivity contribution < 1.29 is 9.47 Å². The Morgan fingerprint density at radius 3 is 2.60 bits per heavy atom. The summed E-state index contributed by atoms with van der Waals surface area (Å²) in [5.41, 5.74) is 7.27. The average molecular weight is 491 g/mol. The summed E-state index contributed by atoms with van der Waals surface area (Å²) < 4.78 is 11.9. The van der Waals surface area contributed by atoms with Gasteiger partial charge in [0.1, 0.15) is 12.4 Å². The Labute approximate surface area is 214 Å². The van der Waals surface area contributed by atoms with Gasteiger partial charge in [0.05, 0.1) is 23.9 Å². The fourth-order valence-corrected chi connectivity index (χ4v) is 6.26. The molecule has 5 rings (SSSR count). The van der Waals surface area contributed by atoms with Crippen molar-refractivity contribution in [3.63, 3.8) is 0 Å². The maximum Gasteiger partial charge on any atom is 0.129 e. The summed E-state index contributed by atoms with van der Waals surface area (Å²) in [6.45, 7) is 12.0. The Kier molecular flexibility index (Phi) is 7.86. The second-order valence-corrected chi connectivity index (χ2v) is 11.4. The summed E-state index contributed by atoms with van der Waals surface area (Å²) in [6.07, 6.45) is 5.18. The quantitative estimate of drug-likeness (QED) is 0.353. The minimum Gasteiger partial charge on any atom is -0.488 e. The molecule has 2 aliphatic rings. The minimum absolute atomic E-state index is 0.567. The van der Waals surface area contributed by atoms with Gasteiger partial charge in [-0.1, -0.05) is 49.6 Å². The molecule has 1 saturated heterocycles. The molecule has 35 heavy (non-hydrogen) atoms. The SMILES string of the molecule is Cc1ccc(OCc2ccc(CN3CCOCC3)cc2C)c(-c2csc(C3CCC(C)CC3)n2)c1. The molecular formula is C30H38N2O2S. The number of thiazole rings is 1. The van der Waals surface area contributed by atoms with Gasteiger partial charge in [-0.15, -0.1) is 11.3 Å². The predicted molar refractivity (Wildman–Crippen MR) is 144 cm³/mol. The van der Waals surface area contributed by atoms with Gasteiger partial charge in [-0.05, 0) is 61.4 Å². The van der Waals surface area contributed by atoms with Gasteiger partial charge in [-0.3, -0.25) is 4.90 Å². The molecule has 2 aromatic carbocycles. The molecule has 0 N–H and O–H groups in total. The van der Waals surface area contributed by atoms with E-state index in [0.29, 0.717) is 12.5 Å². The second-order valence-electron chi connectivity index (χ2n) is 10.5. The number of hydrogen-bond donors (Lipinski definition) is 0. The normalized spacial score (nSPS) is 21.2. The maximum atomic E-state index is 6.41. The van der Waals surface area contributed by atoms with E-state index < -0.39 is 0 Å². The number of aryl methyl sites for hydroxylation is 2. The molecule has 1 aliphatic heterocycles. The van der Waals surface area contributed by atoms with E-state index in [9.17, 15) is 0 Å². The van der Waals surface area contributed by atoms with E-state index in [4.69, 9.17) is 14.5 Å². The molecule has 2 fully saturated rings. The molecule has 0 unspecified atom stereocenters. The van der Waals surface area contributed by atoms with Crippen molar-refractivity contribution in [2.45, 2.75) is 65.5 Å². The van der Waals surface area contributed by atoms with Crippen LogP contribution in [-0.2, 0) is 17.9 Å². The number of hydrogen-bond acceptors (Lipinski definition) is 5. The highest BCUT2D eigenvalue weighted by Crippen LogP contribution is 2.39. The van der Waals surface area contributed by atoms with Gasteiger partial charge in [0.2, 0.25) is 0 Å². The molecule has 1 saturated carbocycles. The molecule has 1 aliphatic carbocycles. The van der Waals surface area contributed by atoms with Crippen LogP contribution in [0, 0.1) is 19.8 Å². The molecule has 2 heterocycles. The van der Waals surface area contributed by atoms with Gasteiger partial charge in [-0.25, -0.2) is 4.98 Å². The topological polar surface area (TPSA) is 34.6 Å². The predicted octanol–water partition coefficient (Wildman–Crippen LogP) is 7.13. The fourth-order valence-electron chi connectivity index (χ4n) is 5.27. The summed E-state index contributed by atoms with van der Waals surface area (Å²) in [5, 5.41) is 3.52. The van der Waals surface area contributed by atoms with Crippen molar-refractivity contribution in [2.75, 3.05) is 26.3 Å². The monoisotopic (exact) mass is 490 g/mol. The standard InChI is InChI=1S/C30H38N2O2S/c1-21-4-8-25(9-5-21)30-31-28(20-35-30)27-16-22(2)6-11-29(27)34-19-26-10-7-24(17-23(26)3)18-32-12-14-33-15-13-32/h6-7,10-11,16-17,20-21,25H,4-5,8-9,12-15,18-19H2,1-3H3. The third-order valence-corrected chi connectivity index (χ3v) is 8.61. The summed E-state index contributed by atoms with van der Waals surface area (Å²) in [6, 6.07) is 13.2. The Morgan fingerprint density at radius 1 is 1.03 bits per heavy atom. The Bertz CT molecular complexity index is 1130. The van der Waals surface area contributed by atoms with Crippen LogP contribution in [0.2, 0.25) is 0 Å². The number of morpholine rings is 1. The van der Waals surface area contributed by atoms with E-state index in [0.717, 1.165) is 55.8 Å². The minimum atomic E-state index is 0.567. The van der Waals surface area contributed by atoms with E-state index in [-0.39, 0.29) is 0 Å². The lowest BCUT2D eigenvalue weighted by Crippen LogP contribution is -2.35. The van der Waals surface area contributed by atoms with Crippen molar-refractivity contribution in [1.82, 2.24) is 9.88 Å². The lowest BCUT2D eigenvalue weighted by Gasteiger charge is -2.26. The first-order valence-electron chi connectivity index (χ1n) is 13.1. The summed E-state index contributed by atoms with van der Waals surface area (Å²) in [4.78, 5) is 7.56. The average Bonchev–Trinajstić information content (AvgIpc) is 3.35. The highest BCUT2D eigenvalue weighted by Gasteiger charge is 2.23. The number of aromatic nitrogens is 1. The summed E-state index contributed by atoms with van der Waals surface area (Å²) in [7, 11) is 0. The van der Waals surface area contributed by atoms with Crippen LogP contribution in [0.25, 0.3) is 11.3 Å². The van der Waals surface area contributed by atoms with Crippen LogP contribution in [0.15, 0.2) is 41.8 Å². The first-order valence-corrected chi connectivity index (χ1v) is 14.0. The van der Waals surface area contributed by atoms with Crippen LogP contribution < -0.4 is 4.74 Å². The molecule has 4 nitrogen and oxygen atoms in total. The Balaban J connectivity index is 1.28. The molecule has 186 valence electrons. The van der Waals surface area contributed by atoms with E-state index in [2.05, 4.69) is 67.4 Å². The van der Waals surface area contributed by atoms with E-state index in [1.165, 1.54) is 52.9 Å². The molecule has 0 atom stereocenters. The zero-order valence-corrected chi connectivity index (χ0v) is 22.2. The Hall–Kier alpha value is -2.21. The number of benzene rings is 2. The van der Waals surface area contributed by atoms with Crippen molar-refractivity contribution in [2.24, 2.45) is 5.92 Å². The highest BCUT2D eigenvalue weighted by atomic mass is 32.1. The van der Waals surface area contributed by atoms with Gasteiger partial charge in [0.25, 0.3) is 0 Å². The molecule has 0 radical (unpaired) electrons. The van der Waals surface area contributed by atoms with Gasteiger partial charge in [0, 0.05) is 36.5 Å². The molecule has 5 heteroatoms. The molecule has 0 amide bonds. The largest absolute Gasteiger partial charge is 0.488 e. The third kappa shape index (κ3) is 6.14. The summed E-state index contributed by atoms with van der Waals surface area (Å²) in [5.74, 6) is 2.40. The number of ether oxygens (including phenoxy) is 2. The molecule has 1 aromatic heterocycles. The van der Waals surface area contributed by atoms with Gasteiger partial charge >= 0.3 is 0 Å². The second kappa shape index (κ2) is 11.2. The van der Waals surface area contributed by atoms with Crippen LogP contribution >= 0.6 is 11.3 Å². The van der Waals surface area contributed by atoms with Crippen molar-refractivity contribution in [3.8, 4) is 17.0 Å².